The SMILES string of the molecule is CC(C)c1c(Cl)cccc1C#N. The van der Waals surface area contributed by atoms with Crippen LogP contribution in [0.5, 0.6) is 0 Å². The Hall–Kier alpha value is -1.00. The van der Waals surface area contributed by atoms with Gasteiger partial charge in [-0.3, -0.25) is 0 Å². The number of hydrogen-bond donors (Lipinski definition) is 0. The largest absolute Gasteiger partial charge is 0.192 e. The maximum Gasteiger partial charge on any atom is 0.0995 e. The summed E-state index contributed by atoms with van der Waals surface area (Å²) in [4.78, 5) is 0. The lowest BCUT2D eigenvalue weighted by Gasteiger charge is -2.08. The molecule has 0 radical (unpaired) electrons. The quantitative estimate of drug-likeness (QED) is 0.649. The molecular weight excluding hydrogens is 170 g/mol. The lowest BCUT2D eigenvalue weighted by Crippen LogP contribution is -1.93. The highest BCUT2D eigenvalue weighted by Crippen LogP contribution is 2.26. The highest BCUT2D eigenvalue weighted by molar-refractivity contribution is 6.31. The van der Waals surface area contributed by atoms with Crippen molar-refractivity contribution in [1.29, 1.82) is 5.26 Å². The van der Waals surface area contributed by atoms with Crippen molar-refractivity contribution in [1.82, 2.24) is 0 Å². The van der Waals surface area contributed by atoms with E-state index in [-0.39, 0.29) is 0 Å². The van der Waals surface area contributed by atoms with Crippen LogP contribution >= 0.6 is 11.6 Å². The Kier molecular flexibility index (Phi) is 2.73. The molecule has 1 aromatic rings. The van der Waals surface area contributed by atoms with E-state index in [0.717, 1.165) is 5.56 Å². The molecule has 0 aliphatic rings. The molecule has 2 heteroatoms. The van der Waals surface area contributed by atoms with Gasteiger partial charge in [0.05, 0.1) is 11.6 Å². The van der Waals surface area contributed by atoms with Crippen LogP contribution in [0.4, 0.5) is 0 Å². The molecule has 0 unspecified atom stereocenters. The lowest BCUT2D eigenvalue weighted by molar-refractivity contribution is 0.863. The van der Waals surface area contributed by atoms with Crippen molar-refractivity contribution in [3.8, 4) is 6.07 Å². The molecule has 1 nitrogen and oxygen atoms in total. The summed E-state index contributed by atoms with van der Waals surface area (Å²) in [6.07, 6.45) is 0. The number of nitriles is 1. The zero-order chi connectivity index (χ0) is 9.14. The van der Waals surface area contributed by atoms with Crippen molar-refractivity contribution in [2.24, 2.45) is 0 Å². The van der Waals surface area contributed by atoms with E-state index in [1.54, 1.807) is 12.1 Å². The Labute approximate surface area is 77.6 Å². The summed E-state index contributed by atoms with van der Waals surface area (Å²) >= 11 is 5.95. The second-order valence-electron chi connectivity index (χ2n) is 2.97. The van der Waals surface area contributed by atoms with Crippen LogP contribution in [0.2, 0.25) is 5.02 Å². The Morgan fingerprint density at radius 1 is 1.42 bits per heavy atom. The van der Waals surface area contributed by atoms with Gasteiger partial charge in [0.2, 0.25) is 0 Å². The molecule has 0 heterocycles. The van der Waals surface area contributed by atoms with Crippen molar-refractivity contribution in [3.05, 3.63) is 34.3 Å². The Morgan fingerprint density at radius 2 is 2.08 bits per heavy atom. The van der Waals surface area contributed by atoms with Gasteiger partial charge in [-0.25, -0.2) is 0 Å². The topological polar surface area (TPSA) is 23.8 Å². The summed E-state index contributed by atoms with van der Waals surface area (Å²) in [5, 5.41) is 9.47. The molecule has 0 bridgehead atoms. The van der Waals surface area contributed by atoms with Gasteiger partial charge in [0.15, 0.2) is 0 Å². The minimum atomic E-state index is 0.299. The molecule has 0 spiro atoms. The van der Waals surface area contributed by atoms with Gasteiger partial charge in [0.25, 0.3) is 0 Å². The van der Waals surface area contributed by atoms with E-state index in [9.17, 15) is 0 Å². The third-order valence-electron chi connectivity index (χ3n) is 1.75. The Balaban J connectivity index is 3.32. The summed E-state index contributed by atoms with van der Waals surface area (Å²) in [5.41, 5.74) is 1.62. The first kappa shape index (κ1) is 9.09. The molecular formula is C10H10ClN. The Morgan fingerprint density at radius 3 is 2.50 bits per heavy atom. The van der Waals surface area contributed by atoms with Crippen LogP contribution in [0.25, 0.3) is 0 Å². The molecule has 1 aromatic carbocycles. The summed E-state index contributed by atoms with van der Waals surface area (Å²) < 4.78 is 0. The van der Waals surface area contributed by atoms with E-state index in [0.29, 0.717) is 16.5 Å². The van der Waals surface area contributed by atoms with Crippen LogP contribution in [-0.2, 0) is 0 Å². The van der Waals surface area contributed by atoms with Crippen LogP contribution in [0.15, 0.2) is 18.2 Å². The number of nitrogens with zero attached hydrogens (tertiary/aromatic N) is 1. The molecule has 0 fully saturated rings. The summed E-state index contributed by atoms with van der Waals surface area (Å²) in [5.74, 6) is 0.299. The van der Waals surface area contributed by atoms with E-state index >= 15 is 0 Å². The molecule has 1 rings (SSSR count). The first-order valence-corrected chi connectivity index (χ1v) is 4.23. The fraction of sp³-hybridized carbons (Fsp3) is 0.300. The zero-order valence-corrected chi connectivity index (χ0v) is 7.89. The summed E-state index contributed by atoms with van der Waals surface area (Å²) in [7, 11) is 0. The molecule has 0 saturated heterocycles. The zero-order valence-electron chi connectivity index (χ0n) is 7.13. The first-order chi connectivity index (χ1) is 5.66. The molecule has 0 atom stereocenters. The van der Waals surface area contributed by atoms with Crippen LogP contribution in [-0.4, -0.2) is 0 Å². The third-order valence-corrected chi connectivity index (χ3v) is 2.08. The average molecular weight is 180 g/mol. The molecule has 62 valence electrons. The van der Waals surface area contributed by atoms with Gasteiger partial charge in [-0.05, 0) is 23.6 Å². The number of halogens is 1. The van der Waals surface area contributed by atoms with Crippen LogP contribution in [0.1, 0.15) is 30.9 Å². The number of benzene rings is 1. The molecule has 0 aliphatic carbocycles. The van der Waals surface area contributed by atoms with E-state index < -0.39 is 0 Å². The van der Waals surface area contributed by atoms with E-state index in [4.69, 9.17) is 16.9 Å². The number of hydrogen-bond acceptors (Lipinski definition) is 1. The van der Waals surface area contributed by atoms with Crippen molar-refractivity contribution < 1.29 is 0 Å². The van der Waals surface area contributed by atoms with Gasteiger partial charge < -0.3 is 0 Å². The van der Waals surface area contributed by atoms with Crippen molar-refractivity contribution in [3.63, 3.8) is 0 Å². The van der Waals surface area contributed by atoms with Crippen molar-refractivity contribution in [2.75, 3.05) is 0 Å². The van der Waals surface area contributed by atoms with Gasteiger partial charge in [0, 0.05) is 5.02 Å². The molecule has 12 heavy (non-hydrogen) atoms. The highest BCUT2D eigenvalue weighted by Gasteiger charge is 2.09. The maximum atomic E-state index is 8.78. The van der Waals surface area contributed by atoms with Gasteiger partial charge in [-0.2, -0.15) is 5.26 Å². The monoisotopic (exact) mass is 179 g/mol. The highest BCUT2D eigenvalue weighted by atomic mass is 35.5. The maximum absolute atomic E-state index is 8.78. The normalized spacial score (nSPS) is 9.92. The fourth-order valence-corrected chi connectivity index (χ4v) is 1.61. The minimum absolute atomic E-state index is 0.299. The van der Waals surface area contributed by atoms with Crippen molar-refractivity contribution in [2.45, 2.75) is 19.8 Å². The standard InChI is InChI=1S/C10H10ClN/c1-7(2)10-8(6-12)4-3-5-9(10)11/h3-5,7H,1-2H3. The fourth-order valence-electron chi connectivity index (χ4n) is 1.22. The van der Waals surface area contributed by atoms with Crippen molar-refractivity contribution >= 4 is 11.6 Å². The number of rotatable bonds is 1. The van der Waals surface area contributed by atoms with E-state index in [2.05, 4.69) is 6.07 Å². The lowest BCUT2D eigenvalue weighted by atomic mass is 9.98. The average Bonchev–Trinajstić information content (AvgIpc) is 2.03. The molecule has 0 aromatic heterocycles. The second kappa shape index (κ2) is 3.60. The molecule has 0 saturated carbocycles. The van der Waals surface area contributed by atoms with Gasteiger partial charge in [-0.15, -0.1) is 0 Å². The molecule has 0 aliphatic heterocycles. The third kappa shape index (κ3) is 1.60. The molecule has 0 N–H and O–H groups in total. The molecule has 0 amide bonds. The minimum Gasteiger partial charge on any atom is -0.192 e. The van der Waals surface area contributed by atoms with Crippen LogP contribution in [0, 0.1) is 11.3 Å². The van der Waals surface area contributed by atoms with Crippen LogP contribution in [0.3, 0.4) is 0 Å². The predicted octanol–water partition coefficient (Wildman–Crippen LogP) is 3.34. The first-order valence-electron chi connectivity index (χ1n) is 3.85. The van der Waals surface area contributed by atoms with E-state index in [1.807, 2.05) is 19.9 Å². The predicted molar refractivity (Wildman–Crippen MR) is 50.3 cm³/mol. The summed E-state index contributed by atoms with van der Waals surface area (Å²) in [6.45, 7) is 4.06. The van der Waals surface area contributed by atoms with Gasteiger partial charge in [-0.1, -0.05) is 31.5 Å². The van der Waals surface area contributed by atoms with E-state index in [1.165, 1.54) is 0 Å². The van der Waals surface area contributed by atoms with Gasteiger partial charge in [0.1, 0.15) is 0 Å². The summed E-state index contributed by atoms with van der Waals surface area (Å²) in [6, 6.07) is 7.54. The second-order valence-corrected chi connectivity index (χ2v) is 3.37. The Bertz CT molecular complexity index is 323. The van der Waals surface area contributed by atoms with Gasteiger partial charge >= 0.3 is 0 Å². The smallest absolute Gasteiger partial charge is 0.0995 e. The van der Waals surface area contributed by atoms with Crippen LogP contribution < -0.4 is 0 Å².